The van der Waals surface area contributed by atoms with Gasteiger partial charge < -0.3 is 14.6 Å². The van der Waals surface area contributed by atoms with Crippen LogP contribution in [0.15, 0.2) is 18.2 Å². The molecule has 0 aliphatic rings. The van der Waals surface area contributed by atoms with E-state index >= 15 is 0 Å². The Bertz CT molecular complexity index is 429. The van der Waals surface area contributed by atoms with E-state index in [1.165, 1.54) is 6.07 Å². The lowest BCUT2D eigenvalue weighted by Crippen LogP contribution is -2.17. The number of aromatic hydroxyl groups is 1. The molecule has 0 spiro atoms. The molecule has 1 rings (SSSR count). The summed E-state index contributed by atoms with van der Waals surface area (Å²) in [5.74, 6) is -1.57. The zero-order valence-corrected chi connectivity index (χ0v) is 9.45. The van der Waals surface area contributed by atoms with E-state index in [9.17, 15) is 23.1 Å². The molecule has 0 unspecified atom stereocenters. The third kappa shape index (κ3) is 4.52. The van der Waals surface area contributed by atoms with E-state index in [0.717, 1.165) is 12.1 Å². The fourth-order valence-electron chi connectivity index (χ4n) is 1.26. The largest absolute Gasteiger partial charge is 0.573 e. The van der Waals surface area contributed by atoms with E-state index < -0.39 is 23.8 Å². The number of alkyl halides is 3. The SMILES string of the molecule is CCOC(=O)Cc1ccc(OC(F)(F)F)cc1O. The predicted octanol–water partition coefficient (Wildman–Crippen LogP) is 2.40. The van der Waals surface area contributed by atoms with Crippen LogP contribution in [-0.4, -0.2) is 24.0 Å². The van der Waals surface area contributed by atoms with Crippen LogP contribution in [0.2, 0.25) is 0 Å². The van der Waals surface area contributed by atoms with Gasteiger partial charge in [-0.25, -0.2) is 0 Å². The molecule has 1 N–H and O–H groups in total. The van der Waals surface area contributed by atoms with Crippen molar-refractivity contribution in [1.82, 2.24) is 0 Å². The van der Waals surface area contributed by atoms with Crippen molar-refractivity contribution in [2.45, 2.75) is 19.7 Å². The lowest BCUT2D eigenvalue weighted by molar-refractivity contribution is -0.274. The number of carbonyl (C=O) groups is 1. The molecule has 0 radical (unpaired) electrons. The van der Waals surface area contributed by atoms with Crippen LogP contribution in [0, 0.1) is 0 Å². The van der Waals surface area contributed by atoms with Crippen molar-refractivity contribution < 1.29 is 32.5 Å². The molecule has 0 heterocycles. The number of ether oxygens (including phenoxy) is 2. The first-order chi connectivity index (χ1) is 8.31. The fourth-order valence-corrected chi connectivity index (χ4v) is 1.26. The molecule has 1 aromatic rings. The summed E-state index contributed by atoms with van der Waals surface area (Å²) < 4.78 is 44.0. The second-order valence-electron chi connectivity index (χ2n) is 3.32. The normalized spacial score (nSPS) is 11.1. The van der Waals surface area contributed by atoms with Crippen molar-refractivity contribution in [3.05, 3.63) is 23.8 Å². The van der Waals surface area contributed by atoms with Gasteiger partial charge in [-0.3, -0.25) is 4.79 Å². The minimum absolute atomic E-state index is 0.169. The van der Waals surface area contributed by atoms with E-state index in [1.807, 2.05) is 0 Å². The van der Waals surface area contributed by atoms with E-state index in [1.54, 1.807) is 6.92 Å². The first-order valence-corrected chi connectivity index (χ1v) is 5.05. The quantitative estimate of drug-likeness (QED) is 0.848. The highest BCUT2D eigenvalue weighted by atomic mass is 19.4. The second kappa shape index (κ2) is 5.61. The van der Waals surface area contributed by atoms with Crippen molar-refractivity contribution in [3.63, 3.8) is 0 Å². The third-order valence-corrected chi connectivity index (χ3v) is 1.93. The van der Waals surface area contributed by atoms with Gasteiger partial charge in [0.1, 0.15) is 11.5 Å². The van der Waals surface area contributed by atoms with Crippen molar-refractivity contribution in [2.75, 3.05) is 6.61 Å². The van der Waals surface area contributed by atoms with Gasteiger partial charge in [0.25, 0.3) is 0 Å². The summed E-state index contributed by atoms with van der Waals surface area (Å²) in [5.41, 5.74) is 0.169. The summed E-state index contributed by atoms with van der Waals surface area (Å²) in [5, 5.41) is 9.45. The fraction of sp³-hybridized carbons (Fsp3) is 0.364. The van der Waals surface area contributed by atoms with Crippen molar-refractivity contribution in [1.29, 1.82) is 0 Å². The van der Waals surface area contributed by atoms with Crippen LogP contribution in [0.3, 0.4) is 0 Å². The molecule has 7 heteroatoms. The molecule has 0 amide bonds. The minimum Gasteiger partial charge on any atom is -0.508 e. The molecule has 1 aromatic carbocycles. The number of phenols is 1. The van der Waals surface area contributed by atoms with Gasteiger partial charge in [-0.2, -0.15) is 0 Å². The summed E-state index contributed by atoms with van der Waals surface area (Å²) in [4.78, 5) is 11.1. The number of rotatable bonds is 4. The summed E-state index contributed by atoms with van der Waals surface area (Å²) in [7, 11) is 0. The van der Waals surface area contributed by atoms with Gasteiger partial charge in [0.2, 0.25) is 0 Å². The van der Waals surface area contributed by atoms with Gasteiger partial charge in [0.05, 0.1) is 13.0 Å². The lowest BCUT2D eigenvalue weighted by Gasteiger charge is -2.10. The molecular weight excluding hydrogens is 253 g/mol. The maximum atomic E-state index is 11.9. The van der Waals surface area contributed by atoms with Crippen LogP contribution in [0.5, 0.6) is 11.5 Å². The number of phenolic OH excluding ortho intramolecular Hbond substituents is 1. The van der Waals surface area contributed by atoms with E-state index in [0.29, 0.717) is 0 Å². The van der Waals surface area contributed by atoms with E-state index in [4.69, 9.17) is 0 Å². The zero-order valence-electron chi connectivity index (χ0n) is 9.45. The monoisotopic (exact) mass is 264 g/mol. The standard InChI is InChI=1S/C11H11F3O4/c1-2-17-10(16)5-7-3-4-8(6-9(7)15)18-11(12,13)14/h3-4,6,15H,2,5H2,1H3. The number of hydrogen-bond acceptors (Lipinski definition) is 4. The number of hydrogen-bond donors (Lipinski definition) is 1. The molecule has 100 valence electrons. The summed E-state index contributed by atoms with van der Waals surface area (Å²) in [6.07, 6.45) is -5.04. The topological polar surface area (TPSA) is 55.8 Å². The highest BCUT2D eigenvalue weighted by Crippen LogP contribution is 2.28. The number of carbonyl (C=O) groups excluding carboxylic acids is 1. The van der Waals surface area contributed by atoms with Gasteiger partial charge in [0, 0.05) is 11.6 Å². The first kappa shape index (κ1) is 14.1. The summed E-state index contributed by atoms with van der Waals surface area (Å²) >= 11 is 0. The molecule has 0 fully saturated rings. The Kier molecular flexibility index (Phi) is 4.41. The van der Waals surface area contributed by atoms with Crippen molar-refractivity contribution in [2.24, 2.45) is 0 Å². The van der Waals surface area contributed by atoms with Crippen LogP contribution < -0.4 is 4.74 Å². The molecule has 0 saturated carbocycles. The Hall–Kier alpha value is -1.92. The maximum Gasteiger partial charge on any atom is 0.573 e. The third-order valence-electron chi connectivity index (χ3n) is 1.93. The summed E-state index contributed by atoms with van der Waals surface area (Å²) in [6.45, 7) is 1.81. The minimum atomic E-state index is -4.82. The van der Waals surface area contributed by atoms with Gasteiger partial charge in [-0.1, -0.05) is 6.07 Å². The molecule has 18 heavy (non-hydrogen) atoms. The maximum absolute atomic E-state index is 11.9. The average Bonchev–Trinajstić information content (AvgIpc) is 2.20. The molecule has 4 nitrogen and oxygen atoms in total. The van der Waals surface area contributed by atoms with Crippen molar-refractivity contribution in [3.8, 4) is 11.5 Å². The first-order valence-electron chi connectivity index (χ1n) is 5.05. The number of esters is 1. The molecule has 0 aliphatic carbocycles. The Morgan fingerprint density at radius 2 is 2.06 bits per heavy atom. The molecule has 0 aliphatic heterocycles. The Morgan fingerprint density at radius 3 is 2.56 bits per heavy atom. The van der Waals surface area contributed by atoms with Crippen LogP contribution in [0.4, 0.5) is 13.2 Å². The van der Waals surface area contributed by atoms with Gasteiger partial charge in [-0.15, -0.1) is 13.2 Å². The van der Waals surface area contributed by atoms with E-state index in [2.05, 4.69) is 9.47 Å². The Labute approximate surface area is 101 Å². The van der Waals surface area contributed by atoms with Crippen molar-refractivity contribution >= 4 is 5.97 Å². The number of halogens is 3. The molecule has 0 atom stereocenters. The van der Waals surface area contributed by atoms with Crippen LogP contribution in [0.1, 0.15) is 12.5 Å². The number of benzene rings is 1. The summed E-state index contributed by atoms with van der Waals surface area (Å²) in [6, 6.07) is 2.98. The Balaban J connectivity index is 2.77. The van der Waals surface area contributed by atoms with Crippen LogP contribution >= 0.6 is 0 Å². The highest BCUT2D eigenvalue weighted by molar-refractivity contribution is 5.73. The zero-order chi connectivity index (χ0) is 13.8. The highest BCUT2D eigenvalue weighted by Gasteiger charge is 2.31. The lowest BCUT2D eigenvalue weighted by atomic mass is 10.1. The van der Waals surface area contributed by atoms with Gasteiger partial charge in [-0.05, 0) is 13.0 Å². The van der Waals surface area contributed by atoms with Crippen LogP contribution in [0.25, 0.3) is 0 Å². The Morgan fingerprint density at radius 1 is 1.39 bits per heavy atom. The van der Waals surface area contributed by atoms with Gasteiger partial charge >= 0.3 is 12.3 Å². The van der Waals surface area contributed by atoms with Crippen LogP contribution in [-0.2, 0) is 16.0 Å². The molecule has 0 saturated heterocycles. The molecule has 0 aromatic heterocycles. The molecular formula is C11H11F3O4. The van der Waals surface area contributed by atoms with E-state index in [-0.39, 0.29) is 18.6 Å². The smallest absolute Gasteiger partial charge is 0.508 e. The predicted molar refractivity (Wildman–Crippen MR) is 55.1 cm³/mol. The average molecular weight is 264 g/mol. The molecule has 0 bridgehead atoms. The second-order valence-corrected chi connectivity index (χ2v) is 3.32. The van der Waals surface area contributed by atoms with Gasteiger partial charge in [0.15, 0.2) is 0 Å².